The van der Waals surface area contributed by atoms with Crippen LogP contribution in [0.1, 0.15) is 23.4 Å². The van der Waals surface area contributed by atoms with Gasteiger partial charge in [0, 0.05) is 24.5 Å². The second kappa shape index (κ2) is 5.73. The molecule has 2 heterocycles. The lowest BCUT2D eigenvalue weighted by Crippen LogP contribution is -2.49. The first-order valence-corrected chi connectivity index (χ1v) is 9.07. The largest absolute Gasteiger partial charge is 0.451 e. The number of amides is 1. The first kappa shape index (κ1) is 15.1. The molecule has 1 atom stereocenters. The molecule has 1 fully saturated rings. The molecule has 0 radical (unpaired) electrons. The minimum absolute atomic E-state index is 0.198. The van der Waals surface area contributed by atoms with Crippen LogP contribution in [0.25, 0.3) is 11.0 Å². The van der Waals surface area contributed by atoms with Gasteiger partial charge in [0.05, 0.1) is 6.26 Å². The summed E-state index contributed by atoms with van der Waals surface area (Å²) in [5, 5.41) is 0.883. The van der Waals surface area contributed by atoms with Crippen LogP contribution in [0.15, 0.2) is 34.7 Å². The van der Waals surface area contributed by atoms with Crippen molar-refractivity contribution in [2.45, 2.75) is 18.9 Å². The molecule has 0 saturated carbocycles. The summed E-state index contributed by atoms with van der Waals surface area (Å²) in [5.74, 6) is 0.0948. The fourth-order valence-electron chi connectivity index (χ4n) is 2.80. The van der Waals surface area contributed by atoms with E-state index in [1.807, 2.05) is 24.3 Å². The SMILES string of the molecule is CS(=O)(=O)NC1CCCN(C(=O)c2cc3ccccc3o2)C1. The van der Waals surface area contributed by atoms with E-state index in [1.54, 1.807) is 11.0 Å². The second-order valence-electron chi connectivity index (χ2n) is 5.63. The molecule has 7 heteroatoms. The van der Waals surface area contributed by atoms with Gasteiger partial charge in [-0.15, -0.1) is 0 Å². The molecule has 1 aliphatic heterocycles. The molecule has 1 aliphatic rings. The van der Waals surface area contributed by atoms with Crippen molar-refractivity contribution in [3.05, 3.63) is 36.1 Å². The molecule has 1 amide bonds. The summed E-state index contributed by atoms with van der Waals surface area (Å²) in [5.41, 5.74) is 0.675. The quantitative estimate of drug-likeness (QED) is 0.930. The number of piperidine rings is 1. The summed E-state index contributed by atoms with van der Waals surface area (Å²) in [6.07, 6.45) is 2.63. The molecule has 1 unspecified atom stereocenters. The highest BCUT2D eigenvalue weighted by molar-refractivity contribution is 7.88. The first-order valence-electron chi connectivity index (χ1n) is 7.17. The number of fused-ring (bicyclic) bond motifs is 1. The van der Waals surface area contributed by atoms with Crippen molar-refractivity contribution in [2.24, 2.45) is 0 Å². The summed E-state index contributed by atoms with van der Waals surface area (Å²) in [7, 11) is -3.27. The number of para-hydroxylation sites is 1. The fourth-order valence-corrected chi connectivity index (χ4v) is 3.60. The predicted octanol–water partition coefficient (Wildman–Crippen LogP) is 1.59. The molecule has 0 aliphatic carbocycles. The van der Waals surface area contributed by atoms with Crippen LogP contribution in [0.4, 0.5) is 0 Å². The molecule has 1 aromatic heterocycles. The number of hydrogen-bond acceptors (Lipinski definition) is 4. The number of nitrogens with one attached hydrogen (secondary N) is 1. The van der Waals surface area contributed by atoms with E-state index in [2.05, 4.69) is 4.72 Å². The van der Waals surface area contributed by atoms with Crippen molar-refractivity contribution < 1.29 is 17.6 Å². The third-order valence-corrected chi connectivity index (χ3v) is 4.49. The topological polar surface area (TPSA) is 79.6 Å². The van der Waals surface area contributed by atoms with Crippen molar-refractivity contribution in [1.29, 1.82) is 0 Å². The van der Waals surface area contributed by atoms with Gasteiger partial charge in [-0.25, -0.2) is 13.1 Å². The maximum Gasteiger partial charge on any atom is 0.289 e. The Kier molecular flexibility index (Phi) is 3.92. The van der Waals surface area contributed by atoms with Crippen molar-refractivity contribution in [3.63, 3.8) is 0 Å². The second-order valence-corrected chi connectivity index (χ2v) is 7.41. The van der Waals surface area contributed by atoms with Crippen LogP contribution in [0.5, 0.6) is 0 Å². The van der Waals surface area contributed by atoms with Gasteiger partial charge in [0.15, 0.2) is 5.76 Å². The number of carbonyl (C=O) groups is 1. The molecule has 3 rings (SSSR count). The summed E-state index contributed by atoms with van der Waals surface area (Å²) >= 11 is 0. The lowest BCUT2D eigenvalue weighted by molar-refractivity contribution is 0.0673. The minimum atomic E-state index is -3.27. The number of likely N-dealkylation sites (tertiary alicyclic amines) is 1. The van der Waals surface area contributed by atoms with Crippen molar-refractivity contribution in [1.82, 2.24) is 9.62 Å². The predicted molar refractivity (Wildman–Crippen MR) is 83.1 cm³/mol. The van der Waals surface area contributed by atoms with Crippen LogP contribution >= 0.6 is 0 Å². The van der Waals surface area contributed by atoms with E-state index < -0.39 is 10.0 Å². The highest BCUT2D eigenvalue weighted by Crippen LogP contribution is 2.21. The van der Waals surface area contributed by atoms with Crippen LogP contribution in [0, 0.1) is 0 Å². The van der Waals surface area contributed by atoms with Crippen molar-refractivity contribution in [3.8, 4) is 0 Å². The Morgan fingerprint density at radius 1 is 1.36 bits per heavy atom. The summed E-state index contributed by atoms with van der Waals surface area (Å²) < 4.78 is 30.8. The summed E-state index contributed by atoms with van der Waals surface area (Å²) in [6.45, 7) is 0.973. The van der Waals surface area contributed by atoms with Gasteiger partial charge in [-0.1, -0.05) is 18.2 Å². The zero-order valence-corrected chi connectivity index (χ0v) is 13.1. The Balaban J connectivity index is 1.76. The molecule has 6 nitrogen and oxygen atoms in total. The van der Waals surface area contributed by atoms with Crippen LogP contribution in [0.2, 0.25) is 0 Å². The van der Waals surface area contributed by atoms with Gasteiger partial charge >= 0.3 is 0 Å². The van der Waals surface area contributed by atoms with Gasteiger partial charge in [0.1, 0.15) is 5.58 Å². The third kappa shape index (κ3) is 3.31. The monoisotopic (exact) mass is 322 g/mol. The molecule has 0 spiro atoms. The molecular formula is C15H18N2O4S. The molecule has 1 saturated heterocycles. The number of carbonyl (C=O) groups excluding carboxylic acids is 1. The zero-order valence-electron chi connectivity index (χ0n) is 12.3. The molecule has 2 aromatic rings. The van der Waals surface area contributed by atoms with Gasteiger partial charge in [-0.2, -0.15) is 0 Å². The Morgan fingerprint density at radius 2 is 2.14 bits per heavy atom. The summed E-state index contributed by atoms with van der Waals surface area (Å²) in [4.78, 5) is 14.2. The fraction of sp³-hybridized carbons (Fsp3) is 0.400. The van der Waals surface area contributed by atoms with Crippen LogP contribution in [0.3, 0.4) is 0 Å². The zero-order chi connectivity index (χ0) is 15.7. The minimum Gasteiger partial charge on any atom is -0.451 e. The van der Waals surface area contributed by atoms with E-state index >= 15 is 0 Å². The van der Waals surface area contributed by atoms with Crippen molar-refractivity contribution >= 4 is 26.9 Å². The van der Waals surface area contributed by atoms with Crippen LogP contribution in [-0.2, 0) is 10.0 Å². The number of hydrogen-bond donors (Lipinski definition) is 1. The van der Waals surface area contributed by atoms with E-state index in [9.17, 15) is 13.2 Å². The average molecular weight is 322 g/mol. The Labute approximate surface area is 129 Å². The summed E-state index contributed by atoms with van der Waals surface area (Å²) in [6, 6.07) is 8.94. The first-order chi connectivity index (χ1) is 10.4. The highest BCUT2D eigenvalue weighted by atomic mass is 32.2. The molecule has 22 heavy (non-hydrogen) atoms. The normalized spacial score (nSPS) is 19.5. The van der Waals surface area contributed by atoms with Crippen LogP contribution in [-0.4, -0.2) is 44.6 Å². The standard InChI is InChI=1S/C15H18N2O4S/c1-22(19,20)16-12-6-4-8-17(10-12)15(18)14-9-11-5-2-3-7-13(11)21-14/h2-3,5,7,9,12,16H,4,6,8,10H2,1H3. The highest BCUT2D eigenvalue weighted by Gasteiger charge is 2.27. The molecule has 118 valence electrons. The van der Waals surface area contributed by atoms with Crippen molar-refractivity contribution in [2.75, 3.05) is 19.3 Å². The van der Waals surface area contributed by atoms with Crippen LogP contribution < -0.4 is 4.72 Å². The van der Waals surface area contributed by atoms with Gasteiger partial charge in [0.25, 0.3) is 5.91 Å². The molecule has 1 N–H and O–H groups in total. The van der Waals surface area contributed by atoms with E-state index in [1.165, 1.54) is 0 Å². The maximum atomic E-state index is 12.5. The number of benzene rings is 1. The number of sulfonamides is 1. The van der Waals surface area contributed by atoms with Gasteiger partial charge in [-0.3, -0.25) is 4.79 Å². The average Bonchev–Trinajstić information content (AvgIpc) is 2.88. The third-order valence-electron chi connectivity index (χ3n) is 3.73. The van der Waals surface area contributed by atoms with E-state index in [0.717, 1.165) is 24.5 Å². The molecule has 0 bridgehead atoms. The molecule has 1 aromatic carbocycles. The van der Waals surface area contributed by atoms with Gasteiger partial charge < -0.3 is 9.32 Å². The number of rotatable bonds is 3. The lowest BCUT2D eigenvalue weighted by Gasteiger charge is -2.32. The Hall–Kier alpha value is -1.86. The number of nitrogens with zero attached hydrogens (tertiary/aromatic N) is 1. The van der Waals surface area contributed by atoms with Gasteiger partial charge in [-0.05, 0) is 25.0 Å². The van der Waals surface area contributed by atoms with E-state index in [4.69, 9.17) is 4.42 Å². The lowest BCUT2D eigenvalue weighted by atomic mass is 10.1. The Morgan fingerprint density at radius 3 is 2.86 bits per heavy atom. The maximum absolute atomic E-state index is 12.5. The Bertz CT molecular complexity index is 764. The van der Waals surface area contributed by atoms with E-state index in [-0.39, 0.29) is 11.9 Å². The number of furan rings is 1. The van der Waals surface area contributed by atoms with E-state index in [0.29, 0.717) is 24.4 Å². The van der Waals surface area contributed by atoms with Gasteiger partial charge in [0.2, 0.25) is 10.0 Å². The smallest absolute Gasteiger partial charge is 0.289 e. The molecular weight excluding hydrogens is 304 g/mol.